The Labute approximate surface area is 143 Å². The smallest absolute Gasteiger partial charge is 0.321 e. The molecule has 1 N–H and O–H groups in total. The van der Waals surface area contributed by atoms with Gasteiger partial charge in [-0.1, -0.05) is 6.92 Å². The third kappa shape index (κ3) is 4.87. The number of ether oxygens (including phenoxy) is 2. The Hall–Kier alpha value is -2.26. The van der Waals surface area contributed by atoms with E-state index >= 15 is 0 Å². The highest BCUT2D eigenvalue weighted by molar-refractivity contribution is 5.89. The van der Waals surface area contributed by atoms with Gasteiger partial charge in [0.15, 0.2) is 0 Å². The maximum Gasteiger partial charge on any atom is 0.321 e. The van der Waals surface area contributed by atoms with Crippen molar-refractivity contribution >= 4 is 11.7 Å². The molecule has 1 aromatic carbocycles. The van der Waals surface area contributed by atoms with E-state index in [1.54, 1.807) is 23.1 Å². The number of hydrogen-bond acceptors (Lipinski definition) is 4. The van der Waals surface area contributed by atoms with Crippen LogP contribution < -0.4 is 10.1 Å². The zero-order valence-electron chi connectivity index (χ0n) is 14.4. The molecule has 1 aliphatic heterocycles. The molecular weight excluding hydrogens is 306 g/mol. The molecule has 0 bridgehead atoms. The lowest BCUT2D eigenvalue weighted by atomic mass is 10.1. The fourth-order valence-corrected chi connectivity index (χ4v) is 2.72. The number of likely N-dealkylation sites (tertiary alicyclic amines) is 1. The molecule has 24 heavy (non-hydrogen) atoms. The minimum atomic E-state index is -0.159. The second-order valence-electron chi connectivity index (χ2n) is 5.77. The third-order valence-corrected chi connectivity index (χ3v) is 3.87. The van der Waals surface area contributed by atoms with Gasteiger partial charge in [-0.25, -0.2) is 4.79 Å². The lowest BCUT2D eigenvalue weighted by molar-refractivity contribution is 0.0115. The van der Waals surface area contributed by atoms with Gasteiger partial charge in [-0.15, -0.1) is 0 Å². The molecule has 1 heterocycles. The van der Waals surface area contributed by atoms with E-state index in [1.165, 1.54) is 0 Å². The SMILES string of the molecule is CCCO[C@H]1CCCN(C(=O)Nc2ccc(OCC)c(C#N)c2)C1. The van der Waals surface area contributed by atoms with Gasteiger partial charge in [-0.3, -0.25) is 0 Å². The number of piperidine rings is 1. The molecule has 0 aromatic heterocycles. The molecule has 0 saturated carbocycles. The fourth-order valence-electron chi connectivity index (χ4n) is 2.72. The molecule has 0 spiro atoms. The Balaban J connectivity index is 1.97. The van der Waals surface area contributed by atoms with Crippen molar-refractivity contribution in [3.8, 4) is 11.8 Å². The van der Waals surface area contributed by atoms with Gasteiger partial charge < -0.3 is 19.7 Å². The number of nitrogens with zero attached hydrogens (tertiary/aromatic N) is 2. The minimum Gasteiger partial charge on any atom is -0.492 e. The van der Waals surface area contributed by atoms with Crippen LogP contribution in [0.1, 0.15) is 38.7 Å². The van der Waals surface area contributed by atoms with Crippen LogP contribution in [0.3, 0.4) is 0 Å². The first-order valence-corrected chi connectivity index (χ1v) is 8.52. The highest BCUT2D eigenvalue weighted by Crippen LogP contribution is 2.23. The molecule has 0 aliphatic carbocycles. The Morgan fingerprint density at radius 2 is 2.29 bits per heavy atom. The first-order chi connectivity index (χ1) is 11.7. The Bertz CT molecular complexity index is 598. The van der Waals surface area contributed by atoms with Crippen molar-refractivity contribution in [2.75, 3.05) is 31.6 Å². The molecule has 2 rings (SSSR count). The number of nitriles is 1. The van der Waals surface area contributed by atoms with Crippen LogP contribution in [0.2, 0.25) is 0 Å². The topological polar surface area (TPSA) is 74.6 Å². The molecule has 0 unspecified atom stereocenters. The summed E-state index contributed by atoms with van der Waals surface area (Å²) in [5, 5.41) is 12.1. The lowest BCUT2D eigenvalue weighted by Crippen LogP contribution is -2.45. The highest BCUT2D eigenvalue weighted by atomic mass is 16.5. The number of urea groups is 1. The van der Waals surface area contributed by atoms with Crippen molar-refractivity contribution in [1.29, 1.82) is 5.26 Å². The molecule has 0 radical (unpaired) electrons. The largest absolute Gasteiger partial charge is 0.492 e. The minimum absolute atomic E-state index is 0.111. The first kappa shape index (κ1) is 18.1. The summed E-state index contributed by atoms with van der Waals surface area (Å²) in [4.78, 5) is 14.2. The number of carbonyl (C=O) groups is 1. The van der Waals surface area contributed by atoms with Crippen molar-refractivity contribution in [2.24, 2.45) is 0 Å². The van der Waals surface area contributed by atoms with Gasteiger partial charge in [-0.2, -0.15) is 5.26 Å². The van der Waals surface area contributed by atoms with Gasteiger partial charge in [-0.05, 0) is 44.4 Å². The number of rotatable bonds is 6. The number of anilines is 1. The summed E-state index contributed by atoms with van der Waals surface area (Å²) in [7, 11) is 0. The van der Waals surface area contributed by atoms with Crippen LogP contribution in [0.5, 0.6) is 5.75 Å². The van der Waals surface area contributed by atoms with E-state index in [0.29, 0.717) is 30.2 Å². The summed E-state index contributed by atoms with van der Waals surface area (Å²) in [5.41, 5.74) is 1.01. The monoisotopic (exact) mass is 331 g/mol. The molecule has 1 atom stereocenters. The Kier molecular flexibility index (Phi) is 6.89. The van der Waals surface area contributed by atoms with Crippen molar-refractivity contribution in [3.05, 3.63) is 23.8 Å². The van der Waals surface area contributed by atoms with E-state index in [4.69, 9.17) is 9.47 Å². The number of carbonyl (C=O) groups excluding carboxylic acids is 1. The highest BCUT2D eigenvalue weighted by Gasteiger charge is 2.24. The van der Waals surface area contributed by atoms with E-state index in [-0.39, 0.29) is 12.1 Å². The van der Waals surface area contributed by atoms with Gasteiger partial charge in [0.05, 0.1) is 18.3 Å². The summed E-state index contributed by atoms with van der Waals surface area (Å²) in [6.07, 6.45) is 3.02. The fraction of sp³-hybridized carbons (Fsp3) is 0.556. The number of hydrogen-bond donors (Lipinski definition) is 1. The third-order valence-electron chi connectivity index (χ3n) is 3.87. The standard InChI is InChI=1S/C18H25N3O3/c1-3-10-24-16-6-5-9-21(13-16)18(22)20-15-7-8-17(23-4-2)14(11-15)12-19/h7-8,11,16H,3-6,9-10,13H2,1-2H3,(H,20,22)/t16-/m0/s1. The molecule has 2 amide bonds. The van der Waals surface area contributed by atoms with Gasteiger partial charge in [0, 0.05) is 25.4 Å². The van der Waals surface area contributed by atoms with Crippen molar-refractivity contribution < 1.29 is 14.3 Å². The average Bonchev–Trinajstić information content (AvgIpc) is 2.61. The molecule has 1 fully saturated rings. The predicted molar refractivity (Wildman–Crippen MR) is 92.2 cm³/mol. The predicted octanol–water partition coefficient (Wildman–Crippen LogP) is 3.38. The average molecular weight is 331 g/mol. The maximum atomic E-state index is 12.4. The molecule has 1 aromatic rings. The summed E-state index contributed by atoms with van der Waals surface area (Å²) in [5.74, 6) is 0.531. The van der Waals surface area contributed by atoms with Crippen LogP contribution in [0.4, 0.5) is 10.5 Å². The van der Waals surface area contributed by atoms with Gasteiger partial charge in [0.25, 0.3) is 0 Å². The normalized spacial score (nSPS) is 17.2. The second kappa shape index (κ2) is 9.14. The van der Waals surface area contributed by atoms with E-state index in [0.717, 1.165) is 32.4 Å². The van der Waals surface area contributed by atoms with Crippen LogP contribution in [-0.4, -0.2) is 43.3 Å². The maximum absolute atomic E-state index is 12.4. The Morgan fingerprint density at radius 1 is 1.46 bits per heavy atom. The molecule has 130 valence electrons. The molecule has 1 aliphatic rings. The van der Waals surface area contributed by atoms with Crippen LogP contribution >= 0.6 is 0 Å². The lowest BCUT2D eigenvalue weighted by Gasteiger charge is -2.32. The van der Waals surface area contributed by atoms with Crippen LogP contribution in [0.25, 0.3) is 0 Å². The van der Waals surface area contributed by atoms with E-state index in [1.807, 2.05) is 6.92 Å². The van der Waals surface area contributed by atoms with Crippen molar-refractivity contribution in [2.45, 2.75) is 39.2 Å². The molecule has 1 saturated heterocycles. The van der Waals surface area contributed by atoms with Gasteiger partial charge in [0.1, 0.15) is 11.8 Å². The number of nitrogens with one attached hydrogen (secondary N) is 1. The van der Waals surface area contributed by atoms with Crippen molar-refractivity contribution in [3.63, 3.8) is 0 Å². The van der Waals surface area contributed by atoms with Crippen LogP contribution in [0.15, 0.2) is 18.2 Å². The zero-order valence-corrected chi connectivity index (χ0v) is 14.4. The number of amides is 2. The van der Waals surface area contributed by atoms with Crippen LogP contribution in [0, 0.1) is 11.3 Å². The summed E-state index contributed by atoms with van der Waals surface area (Å²) in [6.45, 7) is 6.49. The van der Waals surface area contributed by atoms with Crippen LogP contribution in [-0.2, 0) is 4.74 Å². The van der Waals surface area contributed by atoms with E-state index in [2.05, 4.69) is 18.3 Å². The quantitative estimate of drug-likeness (QED) is 0.867. The summed E-state index contributed by atoms with van der Waals surface area (Å²) in [6, 6.07) is 7.03. The first-order valence-electron chi connectivity index (χ1n) is 8.52. The Morgan fingerprint density at radius 3 is 3.00 bits per heavy atom. The van der Waals surface area contributed by atoms with E-state index < -0.39 is 0 Å². The molecular formula is C18H25N3O3. The zero-order chi connectivity index (χ0) is 17.4. The van der Waals surface area contributed by atoms with Crippen molar-refractivity contribution in [1.82, 2.24) is 4.90 Å². The van der Waals surface area contributed by atoms with Gasteiger partial charge in [0.2, 0.25) is 0 Å². The molecule has 6 nitrogen and oxygen atoms in total. The second-order valence-corrected chi connectivity index (χ2v) is 5.77. The van der Waals surface area contributed by atoms with E-state index in [9.17, 15) is 10.1 Å². The summed E-state index contributed by atoms with van der Waals surface area (Å²) < 4.78 is 11.2. The van der Waals surface area contributed by atoms with Gasteiger partial charge >= 0.3 is 6.03 Å². The molecule has 6 heteroatoms. The number of benzene rings is 1. The summed E-state index contributed by atoms with van der Waals surface area (Å²) >= 11 is 0.